The molecule has 3 rings (SSSR count). The van der Waals surface area contributed by atoms with E-state index in [0.29, 0.717) is 5.69 Å². The highest BCUT2D eigenvalue weighted by Gasteiger charge is 2.24. The van der Waals surface area contributed by atoms with Gasteiger partial charge in [0, 0.05) is 27.0 Å². The molecule has 1 aromatic heterocycles. The molecule has 152 valence electrons. The van der Waals surface area contributed by atoms with Crippen LogP contribution in [0.4, 0.5) is 28.7 Å². The fraction of sp³-hybridized carbons (Fsp3) is 0. The van der Waals surface area contributed by atoms with Gasteiger partial charge in [-0.2, -0.15) is 0 Å². The summed E-state index contributed by atoms with van der Waals surface area (Å²) in [6.07, 6.45) is 1.10. The zero-order valence-corrected chi connectivity index (χ0v) is 17.1. The number of nitro benzene ring substituents is 1. The molecular formula is C17H12IN7O5. The van der Waals surface area contributed by atoms with Crippen molar-refractivity contribution in [1.29, 1.82) is 0 Å². The number of nitro groups is 2. The zero-order valence-electron chi connectivity index (χ0n) is 14.9. The van der Waals surface area contributed by atoms with E-state index in [1.165, 1.54) is 24.3 Å². The smallest absolute Gasteiger partial charge is 0.334 e. The summed E-state index contributed by atoms with van der Waals surface area (Å²) in [7, 11) is 0. The van der Waals surface area contributed by atoms with Gasteiger partial charge >= 0.3 is 5.69 Å². The van der Waals surface area contributed by atoms with Crippen LogP contribution in [0.2, 0.25) is 0 Å². The Hall–Kier alpha value is -3.88. The molecule has 0 spiro atoms. The van der Waals surface area contributed by atoms with Crippen LogP contribution in [0.15, 0.2) is 54.9 Å². The molecule has 0 aliphatic rings. The van der Waals surface area contributed by atoms with Gasteiger partial charge in [-0.1, -0.05) is 0 Å². The predicted molar refractivity (Wildman–Crippen MR) is 115 cm³/mol. The SMILES string of the molecule is O=C(NNc1ncnc(Nc2ccc(I)cc2)c1[N+](=O)[O-])c1ccc([N+](=O)[O-])cc1. The molecule has 3 N–H and O–H groups in total. The lowest BCUT2D eigenvalue weighted by Crippen LogP contribution is -2.30. The van der Waals surface area contributed by atoms with Crippen LogP contribution in [-0.4, -0.2) is 25.7 Å². The van der Waals surface area contributed by atoms with E-state index in [1.54, 1.807) is 12.1 Å². The van der Waals surface area contributed by atoms with Crippen LogP contribution in [0.5, 0.6) is 0 Å². The first-order chi connectivity index (χ1) is 14.3. The van der Waals surface area contributed by atoms with E-state index in [2.05, 4.69) is 48.7 Å². The van der Waals surface area contributed by atoms with Gasteiger partial charge in [0.1, 0.15) is 6.33 Å². The largest absolute Gasteiger partial charge is 0.355 e. The number of halogens is 1. The third-order valence-electron chi connectivity index (χ3n) is 3.75. The van der Waals surface area contributed by atoms with Crippen molar-refractivity contribution in [3.05, 3.63) is 84.2 Å². The Morgan fingerprint density at radius 2 is 1.53 bits per heavy atom. The third kappa shape index (κ3) is 4.93. The lowest BCUT2D eigenvalue weighted by Gasteiger charge is -2.11. The summed E-state index contributed by atoms with van der Waals surface area (Å²) >= 11 is 2.13. The second-order valence-electron chi connectivity index (χ2n) is 5.69. The van der Waals surface area contributed by atoms with Gasteiger partial charge in [-0.15, -0.1) is 0 Å². The van der Waals surface area contributed by atoms with Crippen LogP contribution in [0.1, 0.15) is 10.4 Å². The Kier molecular flexibility index (Phi) is 6.31. The molecule has 1 amide bonds. The number of amides is 1. The quantitative estimate of drug-likeness (QED) is 0.240. The van der Waals surface area contributed by atoms with Gasteiger partial charge < -0.3 is 5.32 Å². The normalized spacial score (nSPS) is 10.2. The monoisotopic (exact) mass is 521 g/mol. The predicted octanol–water partition coefficient (Wildman–Crippen LogP) is 3.40. The van der Waals surface area contributed by atoms with Gasteiger partial charge in [0.2, 0.25) is 11.6 Å². The molecule has 1 heterocycles. The van der Waals surface area contributed by atoms with Crippen molar-refractivity contribution in [3.8, 4) is 0 Å². The van der Waals surface area contributed by atoms with Crippen LogP contribution in [0, 0.1) is 23.8 Å². The molecule has 12 nitrogen and oxygen atoms in total. The lowest BCUT2D eigenvalue weighted by atomic mass is 10.2. The first-order valence-corrected chi connectivity index (χ1v) is 9.26. The summed E-state index contributed by atoms with van der Waals surface area (Å²) in [6.45, 7) is 0. The minimum Gasteiger partial charge on any atom is -0.334 e. The molecule has 0 aliphatic heterocycles. The number of rotatable bonds is 7. The zero-order chi connectivity index (χ0) is 21.7. The van der Waals surface area contributed by atoms with E-state index in [1.807, 2.05) is 12.1 Å². The number of carbonyl (C=O) groups excluding carboxylic acids is 1. The maximum absolute atomic E-state index is 12.2. The van der Waals surface area contributed by atoms with Gasteiger partial charge in [0.15, 0.2) is 0 Å². The highest BCUT2D eigenvalue weighted by molar-refractivity contribution is 14.1. The number of anilines is 3. The molecule has 0 atom stereocenters. The van der Waals surface area contributed by atoms with E-state index < -0.39 is 21.4 Å². The highest BCUT2D eigenvalue weighted by Crippen LogP contribution is 2.30. The van der Waals surface area contributed by atoms with Crippen LogP contribution in [0.25, 0.3) is 0 Å². The van der Waals surface area contributed by atoms with Crippen molar-refractivity contribution in [3.63, 3.8) is 0 Å². The topological polar surface area (TPSA) is 165 Å². The van der Waals surface area contributed by atoms with Crippen molar-refractivity contribution >= 4 is 57.2 Å². The summed E-state index contributed by atoms with van der Waals surface area (Å²) in [4.78, 5) is 40.9. The van der Waals surface area contributed by atoms with Gasteiger partial charge in [-0.05, 0) is 59.0 Å². The Labute approximate surface area is 182 Å². The summed E-state index contributed by atoms with van der Waals surface area (Å²) < 4.78 is 0.992. The Morgan fingerprint density at radius 1 is 0.900 bits per heavy atom. The number of aromatic nitrogens is 2. The lowest BCUT2D eigenvalue weighted by molar-refractivity contribution is -0.384. The van der Waals surface area contributed by atoms with Crippen molar-refractivity contribution < 1.29 is 14.6 Å². The number of nitrogens with one attached hydrogen (secondary N) is 3. The molecule has 0 aliphatic carbocycles. The van der Waals surface area contributed by atoms with E-state index in [-0.39, 0.29) is 22.9 Å². The summed E-state index contributed by atoms with van der Waals surface area (Å²) in [5, 5.41) is 25.1. The second kappa shape index (κ2) is 9.08. The van der Waals surface area contributed by atoms with Crippen molar-refractivity contribution in [2.24, 2.45) is 0 Å². The molecule has 13 heteroatoms. The molecule has 0 radical (unpaired) electrons. The molecule has 30 heavy (non-hydrogen) atoms. The molecule has 0 fully saturated rings. The number of carbonyl (C=O) groups is 1. The fourth-order valence-electron chi connectivity index (χ4n) is 2.33. The molecule has 0 bridgehead atoms. The average Bonchev–Trinajstić information content (AvgIpc) is 2.73. The Balaban J connectivity index is 1.78. The number of non-ortho nitro benzene ring substituents is 1. The minimum absolute atomic E-state index is 0.0664. The van der Waals surface area contributed by atoms with Gasteiger partial charge in [0.05, 0.1) is 9.85 Å². The molecule has 0 saturated carbocycles. The molecule has 2 aromatic carbocycles. The Bertz CT molecular complexity index is 1110. The van der Waals surface area contributed by atoms with Crippen LogP contribution < -0.4 is 16.2 Å². The number of hydrogen-bond donors (Lipinski definition) is 3. The minimum atomic E-state index is -0.685. The summed E-state index contributed by atoms with van der Waals surface area (Å²) in [5.41, 5.74) is 4.73. The first-order valence-electron chi connectivity index (χ1n) is 8.18. The second-order valence-corrected chi connectivity index (χ2v) is 6.94. The van der Waals surface area contributed by atoms with Crippen molar-refractivity contribution in [2.75, 3.05) is 10.7 Å². The van der Waals surface area contributed by atoms with Crippen LogP contribution >= 0.6 is 22.6 Å². The summed E-state index contributed by atoms with van der Waals surface area (Å²) in [5.74, 6) is -0.966. The Morgan fingerprint density at radius 3 is 2.13 bits per heavy atom. The number of hydrogen-bond acceptors (Lipinski definition) is 9. The van der Waals surface area contributed by atoms with Crippen molar-refractivity contribution in [2.45, 2.75) is 0 Å². The van der Waals surface area contributed by atoms with Gasteiger partial charge in [-0.25, -0.2) is 9.97 Å². The van der Waals surface area contributed by atoms with E-state index >= 15 is 0 Å². The third-order valence-corrected chi connectivity index (χ3v) is 4.47. The van der Waals surface area contributed by atoms with Gasteiger partial charge in [-0.3, -0.25) is 35.9 Å². The molecule has 0 unspecified atom stereocenters. The maximum atomic E-state index is 12.2. The number of hydrazine groups is 1. The first kappa shape index (κ1) is 20.8. The number of nitrogens with zero attached hydrogens (tertiary/aromatic N) is 4. The van der Waals surface area contributed by atoms with E-state index in [4.69, 9.17) is 0 Å². The van der Waals surface area contributed by atoms with E-state index in [0.717, 1.165) is 9.90 Å². The standard InChI is InChI=1S/C17H12IN7O5/c18-11-3-5-12(6-4-11)21-15-14(25(29)30)16(20-9-19-15)22-23-17(26)10-1-7-13(8-2-10)24(27)28/h1-9H,(H,23,26)(H2,19,20,21,22). The molecule has 3 aromatic rings. The maximum Gasteiger partial charge on any atom is 0.355 e. The van der Waals surface area contributed by atoms with Crippen LogP contribution in [-0.2, 0) is 0 Å². The van der Waals surface area contributed by atoms with Crippen molar-refractivity contribution in [1.82, 2.24) is 15.4 Å². The average molecular weight is 521 g/mol. The molecular weight excluding hydrogens is 509 g/mol. The number of benzene rings is 2. The molecule has 0 saturated heterocycles. The highest BCUT2D eigenvalue weighted by atomic mass is 127. The van der Waals surface area contributed by atoms with Crippen LogP contribution in [0.3, 0.4) is 0 Å². The van der Waals surface area contributed by atoms with E-state index in [9.17, 15) is 25.0 Å². The van der Waals surface area contributed by atoms with Gasteiger partial charge in [0.25, 0.3) is 11.6 Å². The summed E-state index contributed by atoms with van der Waals surface area (Å²) in [6, 6.07) is 12.0. The fourth-order valence-corrected chi connectivity index (χ4v) is 2.69.